The molecule has 0 saturated carbocycles. The van der Waals surface area contributed by atoms with E-state index in [9.17, 15) is 0 Å². The van der Waals surface area contributed by atoms with E-state index < -0.39 is 0 Å². The smallest absolute Gasteiger partial charge is 0.146 e. The van der Waals surface area contributed by atoms with Gasteiger partial charge >= 0.3 is 0 Å². The second kappa shape index (κ2) is 4.15. The SMILES string of the molecule is Cc1c(C#CCBr)cnc(N)c1N. The van der Waals surface area contributed by atoms with Crippen molar-refractivity contribution in [1.29, 1.82) is 0 Å². The maximum Gasteiger partial charge on any atom is 0.146 e. The summed E-state index contributed by atoms with van der Waals surface area (Å²) in [5.74, 6) is 6.18. The van der Waals surface area contributed by atoms with Crippen LogP contribution in [0.4, 0.5) is 11.5 Å². The van der Waals surface area contributed by atoms with Gasteiger partial charge in [-0.15, -0.1) is 0 Å². The Bertz CT molecular complexity index is 376. The van der Waals surface area contributed by atoms with Crippen LogP contribution in [0, 0.1) is 18.8 Å². The zero-order chi connectivity index (χ0) is 9.84. The third-order valence-corrected chi connectivity index (χ3v) is 1.99. The topological polar surface area (TPSA) is 64.9 Å². The van der Waals surface area contributed by atoms with E-state index in [1.165, 1.54) is 0 Å². The Morgan fingerprint density at radius 2 is 2.23 bits per heavy atom. The highest BCUT2D eigenvalue weighted by molar-refractivity contribution is 9.09. The van der Waals surface area contributed by atoms with Crippen LogP contribution in [0.3, 0.4) is 0 Å². The Hall–Kier alpha value is -1.21. The van der Waals surface area contributed by atoms with E-state index in [1.807, 2.05) is 6.92 Å². The molecule has 0 unspecified atom stereocenters. The molecule has 4 heteroatoms. The summed E-state index contributed by atoms with van der Waals surface area (Å²) < 4.78 is 0. The molecular formula is C9H10BrN3. The Labute approximate surface area is 85.7 Å². The molecule has 0 radical (unpaired) electrons. The van der Waals surface area contributed by atoms with Crippen LogP contribution in [-0.4, -0.2) is 10.3 Å². The Morgan fingerprint density at radius 3 is 2.85 bits per heavy atom. The molecule has 3 nitrogen and oxygen atoms in total. The van der Waals surface area contributed by atoms with E-state index in [0.717, 1.165) is 11.1 Å². The van der Waals surface area contributed by atoms with Gasteiger partial charge in [-0.05, 0) is 12.5 Å². The molecule has 0 saturated heterocycles. The quantitative estimate of drug-likeness (QED) is 0.530. The van der Waals surface area contributed by atoms with Crippen molar-refractivity contribution in [3.05, 3.63) is 17.3 Å². The highest BCUT2D eigenvalue weighted by atomic mass is 79.9. The molecule has 0 atom stereocenters. The van der Waals surface area contributed by atoms with E-state index in [0.29, 0.717) is 16.8 Å². The summed E-state index contributed by atoms with van der Waals surface area (Å²) in [7, 11) is 0. The lowest BCUT2D eigenvalue weighted by molar-refractivity contribution is 1.28. The first-order chi connectivity index (χ1) is 6.16. The number of nitrogens with zero attached hydrogens (tertiary/aromatic N) is 1. The largest absolute Gasteiger partial charge is 0.395 e. The molecule has 1 aromatic heterocycles. The molecule has 0 spiro atoms. The minimum Gasteiger partial charge on any atom is -0.395 e. The van der Waals surface area contributed by atoms with Gasteiger partial charge in [-0.1, -0.05) is 27.8 Å². The molecule has 1 heterocycles. The molecular weight excluding hydrogens is 230 g/mol. The fourth-order valence-electron chi connectivity index (χ4n) is 0.892. The molecule has 0 aliphatic heterocycles. The van der Waals surface area contributed by atoms with Gasteiger partial charge in [-0.3, -0.25) is 0 Å². The highest BCUT2D eigenvalue weighted by Gasteiger charge is 2.03. The van der Waals surface area contributed by atoms with E-state index in [2.05, 4.69) is 32.8 Å². The number of pyridine rings is 1. The van der Waals surface area contributed by atoms with Crippen molar-refractivity contribution in [2.45, 2.75) is 6.92 Å². The molecule has 68 valence electrons. The van der Waals surface area contributed by atoms with Crippen molar-refractivity contribution in [3.63, 3.8) is 0 Å². The first-order valence-electron chi connectivity index (χ1n) is 3.72. The van der Waals surface area contributed by atoms with E-state index in [4.69, 9.17) is 11.5 Å². The highest BCUT2D eigenvalue weighted by Crippen LogP contribution is 2.19. The van der Waals surface area contributed by atoms with Gasteiger partial charge in [0, 0.05) is 11.8 Å². The second-order valence-electron chi connectivity index (χ2n) is 2.53. The van der Waals surface area contributed by atoms with Crippen LogP contribution in [0.2, 0.25) is 0 Å². The number of nitrogens with two attached hydrogens (primary N) is 2. The third-order valence-electron chi connectivity index (χ3n) is 1.71. The van der Waals surface area contributed by atoms with Crippen molar-refractivity contribution in [1.82, 2.24) is 4.98 Å². The number of nitrogen functional groups attached to an aromatic ring is 2. The minimum absolute atomic E-state index is 0.363. The van der Waals surface area contributed by atoms with Gasteiger partial charge in [0.1, 0.15) is 5.82 Å². The molecule has 1 aromatic rings. The molecule has 0 bridgehead atoms. The summed E-state index contributed by atoms with van der Waals surface area (Å²) in [6.07, 6.45) is 1.64. The second-order valence-corrected chi connectivity index (χ2v) is 3.09. The monoisotopic (exact) mass is 239 g/mol. The molecule has 0 aliphatic carbocycles. The van der Waals surface area contributed by atoms with Gasteiger partial charge in [0.15, 0.2) is 0 Å². The van der Waals surface area contributed by atoms with Gasteiger partial charge < -0.3 is 11.5 Å². The Kier molecular flexibility index (Phi) is 3.15. The van der Waals surface area contributed by atoms with Crippen molar-refractivity contribution in [2.75, 3.05) is 16.8 Å². The summed E-state index contributed by atoms with van der Waals surface area (Å²) in [6.45, 7) is 1.88. The van der Waals surface area contributed by atoms with Crippen LogP contribution in [0.25, 0.3) is 0 Å². The van der Waals surface area contributed by atoms with Crippen LogP contribution >= 0.6 is 15.9 Å². The number of halogens is 1. The maximum atomic E-state index is 5.69. The summed E-state index contributed by atoms with van der Waals surface area (Å²) in [4.78, 5) is 3.93. The number of rotatable bonds is 0. The zero-order valence-corrected chi connectivity index (χ0v) is 8.85. The predicted molar refractivity (Wildman–Crippen MR) is 58.5 cm³/mol. The first kappa shape index (κ1) is 9.87. The minimum atomic E-state index is 0.363. The van der Waals surface area contributed by atoms with Crippen molar-refractivity contribution < 1.29 is 0 Å². The fourth-order valence-corrected chi connectivity index (χ4v) is 1.03. The molecule has 1 rings (SSSR count). The summed E-state index contributed by atoms with van der Waals surface area (Å²) in [6, 6.07) is 0. The first-order valence-corrected chi connectivity index (χ1v) is 4.84. The lowest BCUT2D eigenvalue weighted by Crippen LogP contribution is -2.01. The van der Waals surface area contributed by atoms with Crippen LogP contribution in [0.1, 0.15) is 11.1 Å². The summed E-state index contributed by atoms with van der Waals surface area (Å²) in [5, 5.41) is 0.636. The number of hydrogen-bond donors (Lipinski definition) is 2. The molecule has 13 heavy (non-hydrogen) atoms. The third kappa shape index (κ3) is 2.13. The van der Waals surface area contributed by atoms with Crippen LogP contribution < -0.4 is 11.5 Å². The standard InChI is InChI=1S/C9H10BrN3/c1-6-7(3-2-4-10)5-13-9(12)8(6)11/h5H,4,11H2,1H3,(H2,12,13). The zero-order valence-electron chi connectivity index (χ0n) is 7.26. The van der Waals surface area contributed by atoms with Crippen LogP contribution in [-0.2, 0) is 0 Å². The van der Waals surface area contributed by atoms with Crippen molar-refractivity contribution in [3.8, 4) is 11.8 Å². The fraction of sp³-hybridized carbons (Fsp3) is 0.222. The van der Waals surface area contributed by atoms with Gasteiger partial charge in [0.25, 0.3) is 0 Å². The molecule has 0 amide bonds. The normalized spacial score (nSPS) is 9.08. The average Bonchev–Trinajstić information content (AvgIpc) is 2.13. The molecule has 0 aromatic carbocycles. The van der Waals surface area contributed by atoms with Gasteiger partial charge in [-0.25, -0.2) is 4.98 Å². The van der Waals surface area contributed by atoms with Crippen molar-refractivity contribution >= 4 is 27.4 Å². The lowest BCUT2D eigenvalue weighted by atomic mass is 10.1. The lowest BCUT2D eigenvalue weighted by Gasteiger charge is -2.04. The Morgan fingerprint density at radius 1 is 1.54 bits per heavy atom. The van der Waals surface area contributed by atoms with Crippen LogP contribution in [0.5, 0.6) is 0 Å². The van der Waals surface area contributed by atoms with E-state index in [1.54, 1.807) is 6.20 Å². The number of anilines is 2. The summed E-state index contributed by atoms with van der Waals surface area (Å²) >= 11 is 3.21. The van der Waals surface area contributed by atoms with E-state index in [-0.39, 0.29) is 0 Å². The number of alkyl halides is 1. The number of hydrogen-bond acceptors (Lipinski definition) is 3. The Balaban J connectivity index is 3.18. The molecule has 0 aliphatic rings. The van der Waals surface area contributed by atoms with Crippen LogP contribution in [0.15, 0.2) is 6.20 Å². The average molecular weight is 240 g/mol. The predicted octanol–water partition coefficient (Wildman–Crippen LogP) is 1.30. The van der Waals surface area contributed by atoms with Gasteiger partial charge in [0.2, 0.25) is 0 Å². The van der Waals surface area contributed by atoms with E-state index >= 15 is 0 Å². The van der Waals surface area contributed by atoms with Crippen molar-refractivity contribution in [2.24, 2.45) is 0 Å². The number of aromatic nitrogens is 1. The van der Waals surface area contributed by atoms with Gasteiger partial charge in [-0.2, -0.15) is 0 Å². The molecule has 4 N–H and O–H groups in total. The summed E-state index contributed by atoms with van der Waals surface area (Å²) in [5.41, 5.74) is 13.4. The molecule has 0 fully saturated rings. The maximum absolute atomic E-state index is 5.69. The van der Waals surface area contributed by atoms with Gasteiger partial charge in [0.05, 0.1) is 11.0 Å².